The van der Waals surface area contributed by atoms with Crippen molar-refractivity contribution in [2.24, 2.45) is 0 Å². The molecule has 0 aliphatic heterocycles. The van der Waals surface area contributed by atoms with Crippen LogP contribution in [-0.2, 0) is 10.0 Å². The maximum Gasteiger partial charge on any atom is 0.260 e. The van der Waals surface area contributed by atoms with Gasteiger partial charge in [0, 0.05) is 18.1 Å². The van der Waals surface area contributed by atoms with Gasteiger partial charge in [0.2, 0.25) is 0 Å². The SMILES string of the molecule is CNc1cccnc1S(=O)(=O)NC(C)c1cccs1. The van der Waals surface area contributed by atoms with E-state index < -0.39 is 10.0 Å². The minimum Gasteiger partial charge on any atom is -0.386 e. The number of hydrogen-bond acceptors (Lipinski definition) is 5. The lowest BCUT2D eigenvalue weighted by molar-refractivity contribution is 0.565. The summed E-state index contributed by atoms with van der Waals surface area (Å²) in [6, 6.07) is 6.88. The molecule has 0 aliphatic carbocycles. The van der Waals surface area contributed by atoms with E-state index in [1.807, 2.05) is 24.4 Å². The minimum absolute atomic E-state index is 0.0147. The van der Waals surface area contributed by atoms with Crippen LogP contribution in [-0.4, -0.2) is 20.4 Å². The Hall–Kier alpha value is -1.44. The monoisotopic (exact) mass is 297 g/mol. The molecule has 0 fully saturated rings. The molecule has 5 nitrogen and oxygen atoms in total. The summed E-state index contributed by atoms with van der Waals surface area (Å²) in [5.41, 5.74) is 0.480. The van der Waals surface area contributed by atoms with Gasteiger partial charge in [-0.1, -0.05) is 6.07 Å². The van der Waals surface area contributed by atoms with Crippen molar-refractivity contribution in [3.63, 3.8) is 0 Å². The number of rotatable bonds is 5. The first-order chi connectivity index (χ1) is 9.04. The van der Waals surface area contributed by atoms with Crippen LogP contribution >= 0.6 is 11.3 Å². The van der Waals surface area contributed by atoms with Crippen LogP contribution in [0.5, 0.6) is 0 Å². The van der Waals surface area contributed by atoms with E-state index in [4.69, 9.17) is 0 Å². The summed E-state index contributed by atoms with van der Waals surface area (Å²) in [4.78, 5) is 4.91. The molecule has 1 unspecified atom stereocenters. The van der Waals surface area contributed by atoms with Crippen LogP contribution in [0.25, 0.3) is 0 Å². The van der Waals surface area contributed by atoms with Crippen LogP contribution in [0.1, 0.15) is 17.8 Å². The van der Waals surface area contributed by atoms with E-state index in [-0.39, 0.29) is 11.1 Å². The molecule has 0 radical (unpaired) electrons. The van der Waals surface area contributed by atoms with Crippen LogP contribution in [0.2, 0.25) is 0 Å². The maximum atomic E-state index is 12.3. The van der Waals surface area contributed by atoms with E-state index >= 15 is 0 Å². The summed E-state index contributed by atoms with van der Waals surface area (Å²) in [6.07, 6.45) is 1.46. The number of anilines is 1. The van der Waals surface area contributed by atoms with Crippen molar-refractivity contribution in [3.8, 4) is 0 Å². The van der Waals surface area contributed by atoms with E-state index in [0.717, 1.165) is 4.88 Å². The zero-order valence-electron chi connectivity index (χ0n) is 10.6. The molecule has 2 aromatic rings. The number of aromatic nitrogens is 1. The van der Waals surface area contributed by atoms with Crippen molar-refractivity contribution in [3.05, 3.63) is 40.7 Å². The van der Waals surface area contributed by atoms with E-state index in [1.165, 1.54) is 17.5 Å². The highest BCUT2D eigenvalue weighted by atomic mass is 32.2. The van der Waals surface area contributed by atoms with E-state index in [0.29, 0.717) is 5.69 Å². The van der Waals surface area contributed by atoms with Crippen LogP contribution < -0.4 is 10.0 Å². The average Bonchev–Trinajstić information content (AvgIpc) is 2.92. The summed E-state index contributed by atoms with van der Waals surface area (Å²) in [5.74, 6) is 0. The molecule has 1 atom stereocenters. The highest BCUT2D eigenvalue weighted by Gasteiger charge is 2.22. The zero-order chi connectivity index (χ0) is 13.9. The van der Waals surface area contributed by atoms with Gasteiger partial charge in [-0.05, 0) is 30.5 Å². The van der Waals surface area contributed by atoms with Crippen LogP contribution in [0.3, 0.4) is 0 Å². The first-order valence-electron chi connectivity index (χ1n) is 5.73. The Bertz CT molecular complexity index is 639. The van der Waals surface area contributed by atoms with Crippen LogP contribution in [0.15, 0.2) is 40.9 Å². The molecule has 0 saturated carbocycles. The van der Waals surface area contributed by atoms with Gasteiger partial charge in [0.25, 0.3) is 10.0 Å². The summed E-state index contributed by atoms with van der Waals surface area (Å²) in [7, 11) is -1.98. The van der Waals surface area contributed by atoms with Gasteiger partial charge in [0.1, 0.15) is 0 Å². The number of sulfonamides is 1. The second-order valence-corrected chi connectivity index (χ2v) is 6.57. The Kier molecular flexibility index (Phi) is 4.18. The van der Waals surface area contributed by atoms with Crippen molar-refractivity contribution < 1.29 is 8.42 Å². The highest BCUT2D eigenvalue weighted by Crippen LogP contribution is 2.23. The first kappa shape index (κ1) is 14.0. The Labute approximate surface area is 116 Å². The molecule has 2 aromatic heterocycles. The van der Waals surface area contributed by atoms with E-state index in [1.54, 1.807) is 19.2 Å². The Morgan fingerprint density at radius 3 is 2.74 bits per heavy atom. The van der Waals surface area contributed by atoms with Crippen molar-refractivity contribution in [2.45, 2.75) is 18.0 Å². The van der Waals surface area contributed by atoms with Gasteiger partial charge < -0.3 is 5.32 Å². The highest BCUT2D eigenvalue weighted by molar-refractivity contribution is 7.89. The smallest absolute Gasteiger partial charge is 0.260 e. The first-order valence-corrected chi connectivity index (χ1v) is 8.09. The van der Waals surface area contributed by atoms with Crippen molar-refractivity contribution >= 4 is 27.0 Å². The largest absolute Gasteiger partial charge is 0.386 e. The fourth-order valence-electron chi connectivity index (χ4n) is 1.68. The number of thiophene rings is 1. The van der Waals surface area contributed by atoms with Crippen molar-refractivity contribution in [1.82, 2.24) is 9.71 Å². The average molecular weight is 297 g/mol. The number of nitrogens with zero attached hydrogens (tertiary/aromatic N) is 1. The third-order valence-electron chi connectivity index (χ3n) is 2.60. The lowest BCUT2D eigenvalue weighted by Gasteiger charge is -2.14. The lowest BCUT2D eigenvalue weighted by Crippen LogP contribution is -2.27. The van der Waals surface area contributed by atoms with Crippen LogP contribution in [0, 0.1) is 0 Å². The van der Waals surface area contributed by atoms with E-state index in [2.05, 4.69) is 15.0 Å². The molecular weight excluding hydrogens is 282 g/mol. The number of hydrogen-bond donors (Lipinski definition) is 2. The second kappa shape index (κ2) is 5.68. The topological polar surface area (TPSA) is 71.1 Å². The Morgan fingerprint density at radius 2 is 2.11 bits per heavy atom. The quantitative estimate of drug-likeness (QED) is 0.888. The maximum absolute atomic E-state index is 12.3. The molecular formula is C12H15N3O2S2. The summed E-state index contributed by atoms with van der Waals surface area (Å²) >= 11 is 1.51. The van der Waals surface area contributed by atoms with Gasteiger partial charge in [0.05, 0.1) is 11.7 Å². The summed E-state index contributed by atoms with van der Waals surface area (Å²) in [6.45, 7) is 1.81. The molecule has 0 saturated heterocycles. The molecule has 0 bridgehead atoms. The molecule has 7 heteroatoms. The van der Waals surface area contributed by atoms with E-state index in [9.17, 15) is 8.42 Å². The van der Waals surface area contributed by atoms with Gasteiger partial charge >= 0.3 is 0 Å². The molecule has 19 heavy (non-hydrogen) atoms. The van der Waals surface area contributed by atoms with Crippen molar-refractivity contribution in [1.29, 1.82) is 0 Å². The molecule has 0 spiro atoms. The Morgan fingerprint density at radius 1 is 1.32 bits per heavy atom. The minimum atomic E-state index is -3.65. The van der Waals surface area contributed by atoms with Crippen LogP contribution in [0.4, 0.5) is 5.69 Å². The Balaban J connectivity index is 2.28. The predicted octanol–water partition coefficient (Wildman–Crippen LogP) is 2.22. The van der Waals surface area contributed by atoms with Gasteiger partial charge in [0.15, 0.2) is 5.03 Å². The fraction of sp³-hybridized carbons (Fsp3) is 0.250. The van der Waals surface area contributed by atoms with Gasteiger partial charge in [-0.2, -0.15) is 0 Å². The van der Waals surface area contributed by atoms with Gasteiger partial charge in [-0.15, -0.1) is 11.3 Å². The lowest BCUT2D eigenvalue weighted by atomic mass is 10.3. The fourth-order valence-corrected chi connectivity index (χ4v) is 3.85. The molecule has 0 aliphatic rings. The standard InChI is InChI=1S/C12H15N3O2S2/c1-9(11-6-4-8-18-11)15-19(16,17)12-10(13-2)5-3-7-14-12/h3-9,13,15H,1-2H3. The summed E-state index contributed by atoms with van der Waals surface area (Å²) < 4.78 is 27.2. The van der Waals surface area contributed by atoms with Crippen molar-refractivity contribution in [2.75, 3.05) is 12.4 Å². The van der Waals surface area contributed by atoms with Gasteiger partial charge in [-0.25, -0.2) is 18.1 Å². The third kappa shape index (κ3) is 3.12. The number of nitrogens with one attached hydrogen (secondary N) is 2. The molecule has 0 aromatic carbocycles. The van der Waals surface area contributed by atoms with Gasteiger partial charge in [-0.3, -0.25) is 0 Å². The predicted molar refractivity (Wildman–Crippen MR) is 76.8 cm³/mol. The molecule has 2 rings (SSSR count). The molecule has 2 N–H and O–H groups in total. The molecule has 102 valence electrons. The third-order valence-corrected chi connectivity index (χ3v) is 5.15. The molecule has 0 amide bonds. The second-order valence-electron chi connectivity index (χ2n) is 3.96. The molecule has 2 heterocycles. The zero-order valence-corrected chi connectivity index (χ0v) is 12.3. The normalized spacial score (nSPS) is 13.2. The number of pyridine rings is 1. The summed E-state index contributed by atoms with van der Waals surface area (Å²) in [5, 5.41) is 4.76.